The third-order valence-electron chi connectivity index (χ3n) is 1.34. The number of rotatable bonds is 1. The van der Waals surface area contributed by atoms with Crippen molar-refractivity contribution < 1.29 is 0 Å². The van der Waals surface area contributed by atoms with Crippen LogP contribution in [0.1, 0.15) is 5.56 Å². The van der Waals surface area contributed by atoms with Crippen molar-refractivity contribution in [3.05, 3.63) is 40.3 Å². The SMILES string of the molecule is N#CC(=C=[N-])c1cccc(Cl)c1. The fourth-order valence-electron chi connectivity index (χ4n) is 0.798. The van der Waals surface area contributed by atoms with Crippen molar-refractivity contribution >= 4 is 23.0 Å². The van der Waals surface area contributed by atoms with Crippen LogP contribution in [0.25, 0.3) is 11.0 Å². The molecule has 12 heavy (non-hydrogen) atoms. The fraction of sp³-hybridized carbons (Fsp3) is 0. The third kappa shape index (κ3) is 1.73. The normalized spacial score (nSPS) is 8.33. The number of halogens is 1. The van der Waals surface area contributed by atoms with E-state index in [0.717, 1.165) is 0 Å². The van der Waals surface area contributed by atoms with E-state index in [1.165, 1.54) is 0 Å². The van der Waals surface area contributed by atoms with Crippen LogP contribution in [-0.4, -0.2) is 5.87 Å². The third-order valence-corrected chi connectivity index (χ3v) is 1.57. The Bertz CT molecular complexity index is 384. The minimum Gasteiger partial charge on any atom is -0.762 e. The summed E-state index contributed by atoms with van der Waals surface area (Å²) in [6, 6.07) is 8.45. The number of allylic oxidation sites excluding steroid dienone is 1. The molecule has 0 bridgehead atoms. The van der Waals surface area contributed by atoms with Gasteiger partial charge in [0.1, 0.15) is 6.07 Å². The average Bonchev–Trinajstić information content (AvgIpc) is 2.07. The Morgan fingerprint density at radius 1 is 1.50 bits per heavy atom. The summed E-state index contributed by atoms with van der Waals surface area (Å²) in [5, 5.41) is 17.6. The zero-order chi connectivity index (χ0) is 8.97. The van der Waals surface area contributed by atoms with Crippen LogP contribution in [0.2, 0.25) is 5.02 Å². The largest absolute Gasteiger partial charge is 0.762 e. The molecular formula is C9H4ClN2-. The molecule has 2 nitrogen and oxygen atoms in total. The van der Waals surface area contributed by atoms with E-state index in [2.05, 4.69) is 0 Å². The summed E-state index contributed by atoms with van der Waals surface area (Å²) >= 11 is 5.67. The Morgan fingerprint density at radius 3 is 2.75 bits per heavy atom. The summed E-state index contributed by atoms with van der Waals surface area (Å²) in [4.78, 5) is 0. The highest BCUT2D eigenvalue weighted by Gasteiger charge is 1.96. The number of nitrogens with zero attached hydrogens (tertiary/aromatic N) is 2. The number of hydrogen-bond acceptors (Lipinski definition) is 1. The zero-order valence-corrected chi connectivity index (χ0v) is 6.84. The van der Waals surface area contributed by atoms with Gasteiger partial charge in [-0.3, -0.25) is 0 Å². The topological polar surface area (TPSA) is 46.1 Å². The van der Waals surface area contributed by atoms with E-state index >= 15 is 0 Å². The van der Waals surface area contributed by atoms with Crippen LogP contribution < -0.4 is 0 Å². The molecule has 0 saturated carbocycles. The van der Waals surface area contributed by atoms with Crippen LogP contribution in [0.15, 0.2) is 24.3 Å². The van der Waals surface area contributed by atoms with E-state index < -0.39 is 0 Å². The molecule has 0 radical (unpaired) electrons. The van der Waals surface area contributed by atoms with Crippen molar-refractivity contribution in [1.29, 1.82) is 5.26 Å². The Balaban J connectivity index is 3.22. The number of benzene rings is 1. The predicted octanol–water partition coefficient (Wildman–Crippen LogP) is 2.49. The van der Waals surface area contributed by atoms with Gasteiger partial charge in [-0.05, 0) is 17.7 Å². The predicted molar refractivity (Wildman–Crippen MR) is 48.8 cm³/mol. The van der Waals surface area contributed by atoms with Crippen LogP contribution in [0.4, 0.5) is 0 Å². The van der Waals surface area contributed by atoms with Crippen molar-refractivity contribution in [2.75, 3.05) is 0 Å². The second-order valence-corrected chi connectivity index (χ2v) is 2.55. The van der Waals surface area contributed by atoms with Crippen molar-refractivity contribution in [1.82, 2.24) is 0 Å². The molecule has 0 heterocycles. The molecule has 1 rings (SSSR count). The summed E-state index contributed by atoms with van der Waals surface area (Å²) in [5.74, 6) is 1.79. The summed E-state index contributed by atoms with van der Waals surface area (Å²) in [7, 11) is 0. The molecule has 0 atom stereocenters. The quantitative estimate of drug-likeness (QED) is 0.478. The van der Waals surface area contributed by atoms with Crippen molar-refractivity contribution in [3.8, 4) is 6.07 Å². The summed E-state index contributed by atoms with van der Waals surface area (Å²) in [6.45, 7) is 0. The van der Waals surface area contributed by atoms with Gasteiger partial charge in [-0.2, -0.15) is 5.26 Å². The molecular weight excluding hydrogens is 172 g/mol. The van der Waals surface area contributed by atoms with Crippen molar-refractivity contribution in [3.63, 3.8) is 0 Å². The first-order chi connectivity index (χ1) is 5.77. The molecule has 1 aromatic rings. The maximum absolute atomic E-state index is 8.52. The Morgan fingerprint density at radius 2 is 2.25 bits per heavy atom. The molecule has 0 aliphatic carbocycles. The van der Waals surface area contributed by atoms with E-state index in [1.807, 2.05) is 0 Å². The van der Waals surface area contributed by atoms with Crippen LogP contribution in [-0.2, 0) is 0 Å². The zero-order valence-electron chi connectivity index (χ0n) is 6.08. The Hall–Kier alpha value is -1.55. The first-order valence-electron chi connectivity index (χ1n) is 3.21. The number of hydrogen-bond donors (Lipinski definition) is 0. The average molecular weight is 176 g/mol. The van der Waals surface area contributed by atoms with Gasteiger partial charge in [-0.25, -0.2) is 5.87 Å². The summed E-state index contributed by atoms with van der Waals surface area (Å²) in [6.07, 6.45) is 0. The summed E-state index contributed by atoms with van der Waals surface area (Å²) in [5.41, 5.74) is 0.644. The fourth-order valence-corrected chi connectivity index (χ4v) is 0.988. The molecule has 0 saturated heterocycles. The van der Waals surface area contributed by atoms with E-state index in [-0.39, 0.29) is 5.57 Å². The molecule has 3 heteroatoms. The highest BCUT2D eigenvalue weighted by molar-refractivity contribution is 6.30. The first-order valence-corrected chi connectivity index (χ1v) is 3.59. The summed E-state index contributed by atoms with van der Waals surface area (Å²) < 4.78 is 0. The lowest BCUT2D eigenvalue weighted by atomic mass is 10.1. The minimum absolute atomic E-state index is 0.0810. The van der Waals surface area contributed by atoms with Gasteiger partial charge >= 0.3 is 0 Å². The number of nitriles is 1. The van der Waals surface area contributed by atoms with E-state index in [1.54, 1.807) is 36.2 Å². The van der Waals surface area contributed by atoms with Crippen LogP contribution in [0.3, 0.4) is 0 Å². The molecule has 0 N–H and O–H groups in total. The van der Waals surface area contributed by atoms with Gasteiger partial charge in [0.05, 0.1) is 5.57 Å². The van der Waals surface area contributed by atoms with Crippen LogP contribution in [0, 0.1) is 11.3 Å². The molecule has 0 spiro atoms. The van der Waals surface area contributed by atoms with Crippen LogP contribution in [0.5, 0.6) is 0 Å². The highest BCUT2D eigenvalue weighted by atomic mass is 35.5. The standard InChI is InChI=1S/C9H4ClN2/c10-9-3-1-2-7(4-9)8(5-11)6-12/h1-4H/q-1. The van der Waals surface area contributed by atoms with Gasteiger partial charge in [0.2, 0.25) is 0 Å². The molecule has 0 aromatic heterocycles. The minimum atomic E-state index is 0.0810. The van der Waals surface area contributed by atoms with Gasteiger partial charge < -0.3 is 5.41 Å². The molecule has 0 fully saturated rings. The molecule has 0 aliphatic rings. The molecule has 0 unspecified atom stereocenters. The van der Waals surface area contributed by atoms with Gasteiger partial charge in [-0.15, -0.1) is 0 Å². The van der Waals surface area contributed by atoms with Crippen LogP contribution >= 0.6 is 11.6 Å². The van der Waals surface area contributed by atoms with Gasteiger partial charge in [0.25, 0.3) is 0 Å². The lowest BCUT2D eigenvalue weighted by Crippen LogP contribution is -1.80. The maximum Gasteiger partial charge on any atom is 0.106 e. The van der Waals surface area contributed by atoms with Crippen molar-refractivity contribution in [2.24, 2.45) is 0 Å². The smallest absolute Gasteiger partial charge is 0.106 e. The monoisotopic (exact) mass is 175 g/mol. The van der Waals surface area contributed by atoms with E-state index in [9.17, 15) is 0 Å². The highest BCUT2D eigenvalue weighted by Crippen LogP contribution is 2.15. The Kier molecular flexibility index (Phi) is 2.66. The molecule has 58 valence electrons. The van der Waals surface area contributed by atoms with E-state index in [4.69, 9.17) is 22.3 Å². The molecule has 0 amide bonds. The Labute approximate surface area is 75.2 Å². The molecule has 0 aliphatic heterocycles. The van der Waals surface area contributed by atoms with Crippen molar-refractivity contribution in [2.45, 2.75) is 0 Å². The van der Waals surface area contributed by atoms with E-state index in [0.29, 0.717) is 10.6 Å². The molecule has 1 aromatic carbocycles. The second-order valence-electron chi connectivity index (χ2n) is 2.11. The first kappa shape index (κ1) is 8.55. The van der Waals surface area contributed by atoms with Gasteiger partial charge in [0, 0.05) is 5.02 Å². The second kappa shape index (κ2) is 3.73. The lowest BCUT2D eigenvalue weighted by Gasteiger charge is -1.97. The van der Waals surface area contributed by atoms with Gasteiger partial charge in [-0.1, -0.05) is 23.7 Å². The maximum atomic E-state index is 8.52. The lowest BCUT2D eigenvalue weighted by molar-refractivity contribution is 1.53. The van der Waals surface area contributed by atoms with Gasteiger partial charge in [0.15, 0.2) is 0 Å².